The number of hydrogen-bond acceptors (Lipinski definition) is 7. The molecule has 0 aliphatic heterocycles. The number of Topliss-reactive ketones (excluding diaryl/α,β-unsaturated/α-hetero) is 1. The Hall–Kier alpha value is -0.740. The predicted octanol–water partition coefficient (Wildman–Crippen LogP) is 6.27. The smallest absolute Gasteiger partial charge is 0.198 e. The van der Waals surface area contributed by atoms with Gasteiger partial charge in [0.2, 0.25) is 0 Å². The van der Waals surface area contributed by atoms with Gasteiger partial charge in [0.05, 0.1) is 17.4 Å². The summed E-state index contributed by atoms with van der Waals surface area (Å²) in [5.74, 6) is 1.84. The third-order valence-electron chi connectivity index (χ3n) is 3.76. The molecule has 5 nitrogen and oxygen atoms in total. The van der Waals surface area contributed by atoms with E-state index in [-0.39, 0.29) is 5.78 Å². The van der Waals surface area contributed by atoms with E-state index in [4.69, 9.17) is 5.73 Å². The summed E-state index contributed by atoms with van der Waals surface area (Å²) in [6.45, 7) is 7.95. The van der Waals surface area contributed by atoms with Crippen LogP contribution < -0.4 is 5.73 Å². The van der Waals surface area contributed by atoms with Gasteiger partial charge in [0, 0.05) is 38.2 Å². The highest BCUT2D eigenvalue weighted by Crippen LogP contribution is 2.26. The van der Waals surface area contributed by atoms with Gasteiger partial charge in [-0.2, -0.15) is 0 Å². The van der Waals surface area contributed by atoms with Crippen LogP contribution in [-0.2, 0) is 0 Å². The lowest BCUT2D eigenvalue weighted by atomic mass is 10.1. The van der Waals surface area contributed by atoms with Gasteiger partial charge in [-0.05, 0) is 68.8 Å². The van der Waals surface area contributed by atoms with Crippen LogP contribution in [0.1, 0.15) is 50.3 Å². The van der Waals surface area contributed by atoms with Gasteiger partial charge in [-0.15, -0.1) is 23.5 Å². The van der Waals surface area contributed by atoms with E-state index in [1.54, 1.807) is 36.6 Å². The summed E-state index contributed by atoms with van der Waals surface area (Å²) < 4.78 is 1.90. The van der Waals surface area contributed by atoms with Crippen LogP contribution in [0.15, 0.2) is 48.3 Å². The van der Waals surface area contributed by atoms with Gasteiger partial charge in [0.15, 0.2) is 5.78 Å². The first-order chi connectivity index (χ1) is 14.3. The molecule has 2 N–H and O–H groups in total. The van der Waals surface area contributed by atoms with Crippen molar-refractivity contribution < 1.29 is 4.79 Å². The monoisotopic (exact) mass is 574 g/mol. The van der Waals surface area contributed by atoms with E-state index in [0.29, 0.717) is 5.69 Å². The summed E-state index contributed by atoms with van der Waals surface area (Å²) in [4.78, 5) is 26.7. The molecule has 1 unspecified atom stereocenters. The molecule has 2 aromatic rings. The second kappa shape index (κ2) is 14.3. The summed E-state index contributed by atoms with van der Waals surface area (Å²) in [6, 6.07) is 3.50. The molecule has 2 aromatic heterocycles. The van der Waals surface area contributed by atoms with Gasteiger partial charge in [0.1, 0.15) is 5.69 Å². The van der Waals surface area contributed by atoms with Crippen molar-refractivity contribution in [1.82, 2.24) is 9.97 Å². The first kappa shape index (κ1) is 27.3. The van der Waals surface area contributed by atoms with Crippen molar-refractivity contribution in [3.63, 3.8) is 0 Å². The third-order valence-corrected chi connectivity index (χ3v) is 6.45. The number of aliphatic imine (C=N–C) groups is 1. The van der Waals surface area contributed by atoms with Crippen molar-refractivity contribution in [2.24, 2.45) is 10.7 Å². The summed E-state index contributed by atoms with van der Waals surface area (Å²) in [5.41, 5.74) is 8.12. The largest absolute Gasteiger partial charge is 0.321 e. The average Bonchev–Trinajstić information content (AvgIpc) is 2.71. The van der Waals surface area contributed by atoms with Crippen LogP contribution in [-0.4, -0.2) is 46.1 Å². The molecule has 2 heterocycles. The second-order valence-corrected chi connectivity index (χ2v) is 10.5. The highest BCUT2D eigenvalue weighted by molar-refractivity contribution is 9.10. The molecule has 0 saturated carbocycles. The predicted molar refractivity (Wildman–Crippen MR) is 137 cm³/mol. The molecule has 0 bridgehead atoms. The Kier molecular flexibility index (Phi) is 13.1. The standard InChI is InChI=1S/C11H15BrN2S.C10H13BrN2OS/c1-4-9(13-3)11-10(15-5-2)6-8(12)7-14-11;1-3-15-8-4-7(11)5-13-9(8)10(14)6(2)12/h6-7H,4-5H2,1-3H3;4-6H,3,12H2,1-2H3. The van der Waals surface area contributed by atoms with Gasteiger partial charge in [-0.3, -0.25) is 19.8 Å². The lowest BCUT2D eigenvalue weighted by Gasteiger charge is -2.08. The maximum atomic E-state index is 11.7. The Morgan fingerprint density at radius 1 is 1.03 bits per heavy atom. The molecule has 164 valence electrons. The van der Waals surface area contributed by atoms with E-state index in [9.17, 15) is 4.79 Å². The Bertz CT molecular complexity index is 876. The van der Waals surface area contributed by atoms with Crippen molar-refractivity contribution in [3.8, 4) is 0 Å². The van der Waals surface area contributed by atoms with Crippen LogP contribution in [0.25, 0.3) is 0 Å². The Morgan fingerprint density at radius 3 is 1.90 bits per heavy atom. The number of ketones is 1. The van der Waals surface area contributed by atoms with Crippen LogP contribution in [0.3, 0.4) is 0 Å². The first-order valence-corrected chi connectivity index (χ1v) is 13.2. The third kappa shape index (κ3) is 8.42. The molecule has 0 radical (unpaired) electrons. The Morgan fingerprint density at radius 2 is 1.50 bits per heavy atom. The van der Waals surface area contributed by atoms with E-state index >= 15 is 0 Å². The highest BCUT2D eigenvalue weighted by atomic mass is 79.9. The minimum atomic E-state index is -0.505. The fourth-order valence-electron chi connectivity index (χ4n) is 2.42. The molecular formula is C21H28Br2N4OS2. The molecule has 30 heavy (non-hydrogen) atoms. The number of pyridine rings is 2. The number of halogens is 2. The average molecular weight is 576 g/mol. The number of hydrogen-bond donors (Lipinski definition) is 1. The van der Waals surface area contributed by atoms with Crippen LogP contribution in [0.2, 0.25) is 0 Å². The first-order valence-electron chi connectivity index (χ1n) is 9.61. The maximum absolute atomic E-state index is 11.7. The van der Waals surface area contributed by atoms with Crippen LogP contribution in [0, 0.1) is 0 Å². The van der Waals surface area contributed by atoms with E-state index in [1.165, 1.54) is 4.90 Å². The summed E-state index contributed by atoms with van der Waals surface area (Å²) in [7, 11) is 1.82. The number of nitrogens with zero attached hydrogens (tertiary/aromatic N) is 3. The van der Waals surface area contributed by atoms with Crippen LogP contribution in [0.5, 0.6) is 0 Å². The van der Waals surface area contributed by atoms with E-state index < -0.39 is 6.04 Å². The maximum Gasteiger partial charge on any atom is 0.198 e. The normalized spacial score (nSPS) is 12.2. The quantitative estimate of drug-likeness (QED) is 0.227. The summed E-state index contributed by atoms with van der Waals surface area (Å²) in [6.07, 6.45) is 4.37. The molecule has 0 saturated heterocycles. The summed E-state index contributed by atoms with van der Waals surface area (Å²) >= 11 is 10.2. The van der Waals surface area contributed by atoms with Crippen molar-refractivity contribution in [1.29, 1.82) is 0 Å². The number of carbonyl (C=O) groups is 1. The van der Waals surface area contributed by atoms with Crippen molar-refractivity contribution in [3.05, 3.63) is 44.9 Å². The molecule has 0 amide bonds. The molecule has 1 atom stereocenters. The SMILES string of the molecule is CCSc1cc(Br)cnc1C(=O)C(C)N.CCSc1cc(Br)cnc1C(CC)=NC. The molecule has 2 rings (SSSR count). The fourth-order valence-corrected chi connectivity index (χ4v) is 5.03. The Balaban J connectivity index is 0.000000300. The van der Waals surface area contributed by atoms with Crippen LogP contribution >= 0.6 is 55.4 Å². The fraction of sp³-hybridized carbons (Fsp3) is 0.429. The van der Waals surface area contributed by atoms with E-state index in [1.807, 2.05) is 26.2 Å². The minimum Gasteiger partial charge on any atom is -0.321 e. The zero-order valence-corrected chi connectivity index (χ0v) is 22.7. The van der Waals surface area contributed by atoms with Crippen molar-refractivity contribution in [2.75, 3.05) is 18.6 Å². The molecule has 9 heteroatoms. The lowest BCUT2D eigenvalue weighted by molar-refractivity contribution is 0.0960. The van der Waals surface area contributed by atoms with Gasteiger partial charge in [-0.25, -0.2) is 0 Å². The van der Waals surface area contributed by atoms with Gasteiger partial charge in [0.25, 0.3) is 0 Å². The van der Waals surface area contributed by atoms with Crippen LogP contribution in [0.4, 0.5) is 0 Å². The highest BCUT2D eigenvalue weighted by Gasteiger charge is 2.17. The van der Waals surface area contributed by atoms with Gasteiger partial charge < -0.3 is 5.73 Å². The zero-order chi connectivity index (χ0) is 22.7. The minimum absolute atomic E-state index is 0.113. The number of nitrogens with two attached hydrogens (primary N) is 1. The number of aromatic nitrogens is 2. The number of rotatable bonds is 8. The molecule has 0 spiro atoms. The van der Waals surface area contributed by atoms with Gasteiger partial charge in [-0.1, -0.05) is 20.8 Å². The molecule has 0 aromatic carbocycles. The Labute approximate surface area is 204 Å². The van der Waals surface area contributed by atoms with E-state index in [2.05, 4.69) is 66.7 Å². The van der Waals surface area contributed by atoms with E-state index in [0.717, 1.165) is 43.2 Å². The second-order valence-electron chi connectivity index (χ2n) is 6.04. The molecule has 0 aliphatic carbocycles. The molecular weight excluding hydrogens is 548 g/mol. The molecule has 0 aliphatic rings. The number of thioether (sulfide) groups is 2. The van der Waals surface area contributed by atoms with Crippen molar-refractivity contribution >= 4 is 66.9 Å². The number of carbonyl (C=O) groups excluding carboxylic acids is 1. The lowest BCUT2D eigenvalue weighted by Crippen LogP contribution is -2.27. The zero-order valence-electron chi connectivity index (χ0n) is 17.9. The summed E-state index contributed by atoms with van der Waals surface area (Å²) in [5, 5.41) is 0. The van der Waals surface area contributed by atoms with Crippen molar-refractivity contribution in [2.45, 2.75) is 49.9 Å². The van der Waals surface area contributed by atoms with Gasteiger partial charge >= 0.3 is 0 Å². The molecule has 0 fully saturated rings. The topological polar surface area (TPSA) is 81.2 Å².